The standard InChI is InChI=1S/C11H10N4/c12-9-6-14-15-11(9)8-1-2-10-7(5-8)3-4-13-10/h1-6,13H,12H2,(H,14,15). The number of aromatic nitrogens is 3. The summed E-state index contributed by atoms with van der Waals surface area (Å²) in [6.07, 6.45) is 3.54. The highest BCUT2D eigenvalue weighted by Crippen LogP contribution is 2.25. The summed E-state index contributed by atoms with van der Waals surface area (Å²) in [5.41, 5.74) is 9.51. The molecule has 0 saturated carbocycles. The van der Waals surface area contributed by atoms with E-state index in [0.717, 1.165) is 16.8 Å². The molecule has 3 rings (SSSR count). The van der Waals surface area contributed by atoms with E-state index < -0.39 is 0 Å². The Bertz CT molecular complexity index is 606. The number of hydrogen-bond donors (Lipinski definition) is 3. The quantitative estimate of drug-likeness (QED) is 0.560. The van der Waals surface area contributed by atoms with Crippen LogP contribution < -0.4 is 5.73 Å². The number of benzene rings is 1. The van der Waals surface area contributed by atoms with Crippen LogP contribution in [0.15, 0.2) is 36.7 Å². The first-order valence-electron chi connectivity index (χ1n) is 4.71. The summed E-state index contributed by atoms with van der Waals surface area (Å²) in [5.74, 6) is 0. The molecule has 4 nitrogen and oxygen atoms in total. The minimum Gasteiger partial charge on any atom is -0.396 e. The van der Waals surface area contributed by atoms with Crippen LogP contribution in [0.1, 0.15) is 0 Å². The van der Waals surface area contributed by atoms with Crippen molar-refractivity contribution in [2.75, 3.05) is 5.73 Å². The van der Waals surface area contributed by atoms with Crippen LogP contribution in [0.4, 0.5) is 5.69 Å². The van der Waals surface area contributed by atoms with E-state index in [2.05, 4.69) is 21.2 Å². The molecule has 0 fully saturated rings. The van der Waals surface area contributed by atoms with Crippen LogP contribution in [0.5, 0.6) is 0 Å². The number of hydrogen-bond acceptors (Lipinski definition) is 2. The molecule has 0 radical (unpaired) electrons. The summed E-state index contributed by atoms with van der Waals surface area (Å²) in [7, 11) is 0. The minimum atomic E-state index is 0.671. The Hall–Kier alpha value is -2.23. The zero-order chi connectivity index (χ0) is 10.3. The lowest BCUT2D eigenvalue weighted by Gasteiger charge is -1.99. The van der Waals surface area contributed by atoms with E-state index in [1.165, 1.54) is 5.39 Å². The number of rotatable bonds is 1. The molecule has 0 saturated heterocycles. The monoisotopic (exact) mass is 198 g/mol. The first-order valence-corrected chi connectivity index (χ1v) is 4.71. The van der Waals surface area contributed by atoms with Crippen molar-refractivity contribution in [3.8, 4) is 11.3 Å². The Balaban J connectivity index is 2.23. The lowest BCUT2D eigenvalue weighted by atomic mass is 10.1. The average molecular weight is 198 g/mol. The van der Waals surface area contributed by atoms with E-state index in [1.807, 2.05) is 24.4 Å². The van der Waals surface area contributed by atoms with Gasteiger partial charge in [0, 0.05) is 22.7 Å². The van der Waals surface area contributed by atoms with Gasteiger partial charge in [-0.1, -0.05) is 6.07 Å². The van der Waals surface area contributed by atoms with Crippen LogP contribution in [-0.4, -0.2) is 15.2 Å². The fourth-order valence-corrected chi connectivity index (χ4v) is 1.74. The number of nitrogens with two attached hydrogens (primary N) is 1. The predicted octanol–water partition coefficient (Wildman–Crippen LogP) is 2.14. The third-order valence-electron chi connectivity index (χ3n) is 2.51. The zero-order valence-corrected chi connectivity index (χ0v) is 7.99. The van der Waals surface area contributed by atoms with Crippen LogP contribution in [0.2, 0.25) is 0 Å². The Labute approximate surface area is 86.1 Å². The largest absolute Gasteiger partial charge is 0.396 e. The highest BCUT2D eigenvalue weighted by atomic mass is 15.1. The van der Waals surface area contributed by atoms with E-state index in [9.17, 15) is 0 Å². The van der Waals surface area contributed by atoms with Gasteiger partial charge < -0.3 is 10.7 Å². The number of nitrogens with one attached hydrogen (secondary N) is 2. The van der Waals surface area contributed by atoms with Gasteiger partial charge in [0.05, 0.1) is 17.6 Å². The van der Waals surface area contributed by atoms with Crippen LogP contribution in [-0.2, 0) is 0 Å². The van der Waals surface area contributed by atoms with Gasteiger partial charge in [-0.2, -0.15) is 5.10 Å². The molecule has 0 aliphatic heterocycles. The van der Waals surface area contributed by atoms with Crippen LogP contribution in [0.3, 0.4) is 0 Å². The number of fused-ring (bicyclic) bond motifs is 1. The van der Waals surface area contributed by atoms with Gasteiger partial charge in [-0.05, 0) is 18.2 Å². The van der Waals surface area contributed by atoms with Crippen molar-refractivity contribution in [2.24, 2.45) is 0 Å². The Morgan fingerprint density at radius 1 is 1.20 bits per heavy atom. The smallest absolute Gasteiger partial charge is 0.0880 e. The topological polar surface area (TPSA) is 70.5 Å². The number of H-pyrrole nitrogens is 2. The fourth-order valence-electron chi connectivity index (χ4n) is 1.74. The zero-order valence-electron chi connectivity index (χ0n) is 7.99. The van der Waals surface area contributed by atoms with E-state index >= 15 is 0 Å². The van der Waals surface area contributed by atoms with Crippen molar-refractivity contribution >= 4 is 16.6 Å². The summed E-state index contributed by atoms with van der Waals surface area (Å²) < 4.78 is 0. The third kappa shape index (κ3) is 1.19. The maximum atomic E-state index is 5.79. The van der Waals surface area contributed by atoms with Crippen molar-refractivity contribution in [3.63, 3.8) is 0 Å². The van der Waals surface area contributed by atoms with Gasteiger partial charge in [-0.15, -0.1) is 0 Å². The molecule has 3 aromatic rings. The maximum absolute atomic E-state index is 5.79. The molecule has 2 heterocycles. The van der Waals surface area contributed by atoms with Gasteiger partial charge in [0.1, 0.15) is 0 Å². The summed E-state index contributed by atoms with van der Waals surface area (Å²) in [6, 6.07) is 8.16. The molecule has 2 aromatic heterocycles. The molecule has 4 N–H and O–H groups in total. The summed E-state index contributed by atoms with van der Waals surface area (Å²) >= 11 is 0. The molecule has 15 heavy (non-hydrogen) atoms. The molecule has 0 aliphatic rings. The van der Waals surface area contributed by atoms with Crippen molar-refractivity contribution < 1.29 is 0 Å². The molecule has 0 aliphatic carbocycles. The second-order valence-corrected chi connectivity index (χ2v) is 3.48. The van der Waals surface area contributed by atoms with Gasteiger partial charge in [-0.3, -0.25) is 5.10 Å². The van der Waals surface area contributed by atoms with E-state index in [1.54, 1.807) is 6.20 Å². The first-order chi connectivity index (χ1) is 7.34. The van der Waals surface area contributed by atoms with E-state index in [0.29, 0.717) is 5.69 Å². The molecule has 0 spiro atoms. The summed E-state index contributed by atoms with van der Waals surface area (Å²) in [4.78, 5) is 3.15. The lowest BCUT2D eigenvalue weighted by Crippen LogP contribution is -1.86. The maximum Gasteiger partial charge on any atom is 0.0880 e. The fraction of sp³-hybridized carbons (Fsp3) is 0. The highest BCUT2D eigenvalue weighted by molar-refractivity contribution is 5.86. The second-order valence-electron chi connectivity index (χ2n) is 3.48. The normalized spacial score (nSPS) is 10.9. The number of nitrogens with zero attached hydrogens (tertiary/aromatic N) is 1. The highest BCUT2D eigenvalue weighted by Gasteiger charge is 2.05. The summed E-state index contributed by atoms with van der Waals surface area (Å²) in [6.45, 7) is 0. The molecular weight excluding hydrogens is 188 g/mol. The van der Waals surface area contributed by atoms with Gasteiger partial charge in [-0.25, -0.2) is 0 Å². The van der Waals surface area contributed by atoms with Crippen molar-refractivity contribution in [1.29, 1.82) is 0 Å². The lowest BCUT2D eigenvalue weighted by molar-refractivity contribution is 1.10. The molecule has 1 aromatic carbocycles. The first kappa shape index (κ1) is 8.11. The van der Waals surface area contributed by atoms with Gasteiger partial charge >= 0.3 is 0 Å². The second kappa shape index (κ2) is 2.88. The van der Waals surface area contributed by atoms with E-state index in [4.69, 9.17) is 5.73 Å². The average Bonchev–Trinajstić information content (AvgIpc) is 2.84. The molecule has 0 bridgehead atoms. The minimum absolute atomic E-state index is 0.671. The van der Waals surface area contributed by atoms with Gasteiger partial charge in [0.25, 0.3) is 0 Å². The Morgan fingerprint density at radius 2 is 2.13 bits per heavy atom. The third-order valence-corrected chi connectivity index (χ3v) is 2.51. The van der Waals surface area contributed by atoms with Crippen molar-refractivity contribution in [2.45, 2.75) is 0 Å². The Kier molecular flexibility index (Phi) is 1.56. The molecule has 74 valence electrons. The van der Waals surface area contributed by atoms with Crippen LogP contribution >= 0.6 is 0 Å². The van der Waals surface area contributed by atoms with Gasteiger partial charge in [0.2, 0.25) is 0 Å². The number of nitrogen functional groups attached to an aromatic ring is 1. The molecule has 0 atom stereocenters. The number of aromatic amines is 2. The van der Waals surface area contributed by atoms with E-state index in [-0.39, 0.29) is 0 Å². The predicted molar refractivity (Wildman–Crippen MR) is 60.3 cm³/mol. The van der Waals surface area contributed by atoms with Crippen LogP contribution in [0.25, 0.3) is 22.2 Å². The number of anilines is 1. The van der Waals surface area contributed by atoms with Crippen LogP contribution in [0, 0.1) is 0 Å². The molecule has 4 heteroatoms. The van der Waals surface area contributed by atoms with Gasteiger partial charge in [0.15, 0.2) is 0 Å². The SMILES string of the molecule is Nc1cn[nH]c1-c1ccc2[nH]ccc2c1. The van der Waals surface area contributed by atoms with Crippen molar-refractivity contribution in [3.05, 3.63) is 36.7 Å². The Morgan fingerprint density at radius 3 is 2.93 bits per heavy atom. The molecule has 0 amide bonds. The summed E-state index contributed by atoms with van der Waals surface area (Å²) in [5, 5.41) is 7.97. The van der Waals surface area contributed by atoms with Crippen molar-refractivity contribution in [1.82, 2.24) is 15.2 Å². The molecular formula is C11H10N4. The molecule has 0 unspecified atom stereocenters.